The van der Waals surface area contributed by atoms with Crippen LogP contribution in [-0.2, 0) is 0 Å². The number of nitrogens with one attached hydrogen (secondary N) is 2. The van der Waals surface area contributed by atoms with E-state index in [0.717, 1.165) is 23.4 Å². The molecule has 0 saturated carbocycles. The Kier molecular flexibility index (Phi) is 7.54. The summed E-state index contributed by atoms with van der Waals surface area (Å²) in [6.45, 7) is 4.38. The Morgan fingerprint density at radius 1 is 1.08 bits per heavy atom. The molecule has 0 aliphatic heterocycles. The molecule has 2 aromatic carbocycles. The maximum absolute atomic E-state index is 6.17. The summed E-state index contributed by atoms with van der Waals surface area (Å²) in [4.78, 5) is 0. The molecule has 0 heterocycles. The van der Waals surface area contributed by atoms with E-state index in [1.54, 1.807) is 20.3 Å². The summed E-state index contributed by atoms with van der Waals surface area (Å²) in [5.41, 5.74) is 1.97. The van der Waals surface area contributed by atoms with Crippen molar-refractivity contribution in [2.24, 2.45) is 5.92 Å². The molecule has 0 aliphatic rings. The van der Waals surface area contributed by atoms with Crippen LogP contribution >= 0.6 is 23.8 Å². The molecule has 1 atom stereocenters. The van der Waals surface area contributed by atoms with Crippen molar-refractivity contribution >= 4 is 34.6 Å². The van der Waals surface area contributed by atoms with Crippen LogP contribution in [0.2, 0.25) is 5.02 Å². The van der Waals surface area contributed by atoms with Crippen molar-refractivity contribution in [1.29, 1.82) is 0 Å². The number of benzene rings is 2. The topological polar surface area (TPSA) is 42.5 Å². The highest BCUT2D eigenvalue weighted by Gasteiger charge is 2.15. The van der Waals surface area contributed by atoms with Gasteiger partial charge in [0.15, 0.2) is 5.11 Å². The van der Waals surface area contributed by atoms with Crippen LogP contribution in [0.5, 0.6) is 11.5 Å². The van der Waals surface area contributed by atoms with E-state index in [0.29, 0.717) is 21.8 Å². The van der Waals surface area contributed by atoms with Gasteiger partial charge in [0.2, 0.25) is 0 Å². The zero-order valence-electron chi connectivity index (χ0n) is 15.5. The molecule has 0 unspecified atom stereocenters. The first-order valence-electron chi connectivity index (χ1n) is 8.48. The van der Waals surface area contributed by atoms with Gasteiger partial charge in [-0.05, 0) is 60.5 Å². The molecule has 2 rings (SSSR count). The van der Waals surface area contributed by atoms with Crippen LogP contribution in [0.3, 0.4) is 0 Å². The molecule has 26 heavy (non-hydrogen) atoms. The number of ether oxygens (including phenoxy) is 2. The molecule has 0 radical (unpaired) electrons. The second kappa shape index (κ2) is 9.64. The Morgan fingerprint density at radius 2 is 1.77 bits per heavy atom. The minimum absolute atomic E-state index is 0.106. The maximum Gasteiger partial charge on any atom is 0.171 e. The molecule has 0 amide bonds. The van der Waals surface area contributed by atoms with Gasteiger partial charge in [-0.25, -0.2) is 0 Å². The summed E-state index contributed by atoms with van der Waals surface area (Å²) < 4.78 is 10.4. The van der Waals surface area contributed by atoms with Crippen LogP contribution < -0.4 is 20.1 Å². The van der Waals surface area contributed by atoms with E-state index in [4.69, 9.17) is 33.3 Å². The third-order valence-electron chi connectivity index (χ3n) is 3.94. The van der Waals surface area contributed by atoms with Crippen molar-refractivity contribution in [2.45, 2.75) is 26.3 Å². The normalized spacial score (nSPS) is 11.8. The predicted octanol–water partition coefficient (Wildman–Crippen LogP) is 5.43. The average Bonchev–Trinajstić information content (AvgIpc) is 2.61. The number of hydrogen-bond donors (Lipinski definition) is 2. The number of thiocarbonyl (C=S) groups is 1. The second-order valence-electron chi connectivity index (χ2n) is 6.40. The molecule has 0 spiro atoms. The number of anilines is 1. The van der Waals surface area contributed by atoms with Gasteiger partial charge in [0.1, 0.15) is 11.5 Å². The van der Waals surface area contributed by atoms with Gasteiger partial charge in [-0.2, -0.15) is 0 Å². The molecule has 0 fully saturated rings. The van der Waals surface area contributed by atoms with Crippen molar-refractivity contribution in [3.63, 3.8) is 0 Å². The fraction of sp³-hybridized carbons (Fsp3) is 0.350. The van der Waals surface area contributed by atoms with Crippen LogP contribution in [0.25, 0.3) is 0 Å². The fourth-order valence-electron chi connectivity index (χ4n) is 2.66. The van der Waals surface area contributed by atoms with Crippen molar-refractivity contribution in [1.82, 2.24) is 5.32 Å². The highest BCUT2D eigenvalue weighted by molar-refractivity contribution is 7.80. The Morgan fingerprint density at radius 3 is 2.31 bits per heavy atom. The molecule has 6 heteroatoms. The Bertz CT molecular complexity index is 735. The monoisotopic (exact) mass is 392 g/mol. The summed E-state index contributed by atoms with van der Waals surface area (Å²) in [7, 11) is 3.25. The van der Waals surface area contributed by atoms with Crippen molar-refractivity contribution in [3.05, 3.63) is 53.1 Å². The number of hydrogen-bond acceptors (Lipinski definition) is 3. The van der Waals surface area contributed by atoms with Crippen LogP contribution in [0.15, 0.2) is 42.5 Å². The van der Waals surface area contributed by atoms with Crippen LogP contribution in [0, 0.1) is 5.92 Å². The van der Waals surface area contributed by atoms with Gasteiger partial charge in [0.25, 0.3) is 0 Å². The van der Waals surface area contributed by atoms with E-state index in [2.05, 4.69) is 36.6 Å². The standard InChI is InChI=1S/C20H25ClN2O2S/c1-13(2)11-18(14-5-8-16(24-3)9-6-14)23-20(26)22-15-7-10-19(25-4)17(21)12-15/h5-10,12-13,18H,11H2,1-4H3,(H2,22,23,26)/t18-/m1/s1. The molecule has 0 saturated heterocycles. The minimum Gasteiger partial charge on any atom is -0.497 e. The Balaban J connectivity index is 2.09. The third-order valence-corrected chi connectivity index (χ3v) is 4.46. The molecule has 0 aromatic heterocycles. The lowest BCUT2D eigenvalue weighted by molar-refractivity contribution is 0.414. The molecule has 140 valence electrons. The number of rotatable bonds is 7. The summed E-state index contributed by atoms with van der Waals surface area (Å²) >= 11 is 11.7. The largest absolute Gasteiger partial charge is 0.497 e. The Hall–Kier alpha value is -1.98. The first-order chi connectivity index (χ1) is 12.4. The highest BCUT2D eigenvalue weighted by atomic mass is 35.5. The zero-order valence-corrected chi connectivity index (χ0v) is 17.1. The van der Waals surface area contributed by atoms with Crippen molar-refractivity contribution in [2.75, 3.05) is 19.5 Å². The zero-order chi connectivity index (χ0) is 19.1. The highest BCUT2D eigenvalue weighted by Crippen LogP contribution is 2.28. The second-order valence-corrected chi connectivity index (χ2v) is 7.22. The molecule has 2 aromatic rings. The van der Waals surface area contributed by atoms with E-state index >= 15 is 0 Å². The lowest BCUT2D eigenvalue weighted by Gasteiger charge is -2.23. The van der Waals surface area contributed by atoms with E-state index in [1.807, 2.05) is 24.3 Å². The predicted molar refractivity (Wildman–Crippen MR) is 113 cm³/mol. The molecule has 0 bridgehead atoms. The average molecular weight is 393 g/mol. The Labute approximate surface area is 165 Å². The van der Waals surface area contributed by atoms with Crippen LogP contribution in [-0.4, -0.2) is 19.3 Å². The maximum atomic E-state index is 6.17. The third kappa shape index (κ3) is 5.78. The lowest BCUT2D eigenvalue weighted by atomic mass is 9.97. The molecule has 4 nitrogen and oxygen atoms in total. The van der Waals surface area contributed by atoms with Gasteiger partial charge < -0.3 is 20.1 Å². The quantitative estimate of drug-likeness (QED) is 0.615. The van der Waals surface area contributed by atoms with Crippen LogP contribution in [0.1, 0.15) is 31.9 Å². The summed E-state index contributed by atoms with van der Waals surface area (Å²) in [5, 5.41) is 7.67. The first-order valence-corrected chi connectivity index (χ1v) is 9.26. The summed E-state index contributed by atoms with van der Waals surface area (Å²) in [5.74, 6) is 1.99. The molecular weight excluding hydrogens is 368 g/mol. The van der Waals surface area contributed by atoms with Gasteiger partial charge in [0, 0.05) is 5.69 Å². The van der Waals surface area contributed by atoms with E-state index in [1.165, 1.54) is 0 Å². The summed E-state index contributed by atoms with van der Waals surface area (Å²) in [6, 6.07) is 13.6. The molecule has 0 aliphatic carbocycles. The van der Waals surface area contributed by atoms with Gasteiger partial charge in [0.05, 0.1) is 25.3 Å². The van der Waals surface area contributed by atoms with E-state index in [-0.39, 0.29) is 6.04 Å². The molecule has 2 N–H and O–H groups in total. The van der Waals surface area contributed by atoms with Gasteiger partial charge in [-0.15, -0.1) is 0 Å². The fourth-order valence-corrected chi connectivity index (χ4v) is 3.17. The summed E-state index contributed by atoms with van der Waals surface area (Å²) in [6.07, 6.45) is 0.956. The smallest absolute Gasteiger partial charge is 0.171 e. The lowest BCUT2D eigenvalue weighted by Crippen LogP contribution is -2.33. The van der Waals surface area contributed by atoms with E-state index < -0.39 is 0 Å². The van der Waals surface area contributed by atoms with Crippen molar-refractivity contribution < 1.29 is 9.47 Å². The number of methoxy groups -OCH3 is 2. The van der Waals surface area contributed by atoms with E-state index in [9.17, 15) is 0 Å². The van der Waals surface area contributed by atoms with Crippen LogP contribution in [0.4, 0.5) is 5.69 Å². The van der Waals surface area contributed by atoms with Crippen molar-refractivity contribution in [3.8, 4) is 11.5 Å². The molecular formula is C20H25ClN2O2S. The van der Waals surface area contributed by atoms with Gasteiger partial charge in [-0.3, -0.25) is 0 Å². The van der Waals surface area contributed by atoms with Gasteiger partial charge >= 0.3 is 0 Å². The van der Waals surface area contributed by atoms with Gasteiger partial charge in [-0.1, -0.05) is 37.6 Å². The first kappa shape index (κ1) is 20.3. The SMILES string of the molecule is COc1ccc([C@@H](CC(C)C)NC(=S)Nc2ccc(OC)c(Cl)c2)cc1. The number of halogens is 1. The minimum atomic E-state index is 0.106.